The maximum atomic E-state index is 12.5. The zero-order valence-corrected chi connectivity index (χ0v) is 14.2. The molecule has 3 aromatic rings. The Morgan fingerprint density at radius 3 is 2.76 bits per heavy atom. The van der Waals surface area contributed by atoms with Crippen LogP contribution < -0.4 is 5.32 Å². The number of nitrogens with one attached hydrogen (secondary N) is 1. The molecule has 0 saturated carbocycles. The molecule has 6 heteroatoms. The van der Waals surface area contributed by atoms with Crippen molar-refractivity contribution in [3.05, 3.63) is 60.7 Å². The number of carbonyl (C=O) groups excluding carboxylic acids is 1. The number of carbonyl (C=O) groups is 1. The molecule has 2 unspecified atom stereocenters. The Bertz CT molecular complexity index is 832. The number of imidazole rings is 1. The highest BCUT2D eigenvalue weighted by Crippen LogP contribution is 2.17. The zero-order valence-electron chi connectivity index (χ0n) is 14.2. The third-order valence-corrected chi connectivity index (χ3v) is 4.32. The van der Waals surface area contributed by atoms with E-state index in [2.05, 4.69) is 15.3 Å². The van der Waals surface area contributed by atoms with Crippen molar-refractivity contribution in [1.29, 1.82) is 0 Å². The third kappa shape index (κ3) is 4.03. The van der Waals surface area contributed by atoms with E-state index in [0.29, 0.717) is 13.0 Å². The predicted molar refractivity (Wildman–Crippen MR) is 96.0 cm³/mol. The van der Waals surface area contributed by atoms with Gasteiger partial charge in [0.15, 0.2) is 0 Å². The molecule has 6 nitrogen and oxygen atoms in total. The van der Waals surface area contributed by atoms with Gasteiger partial charge < -0.3 is 15.0 Å². The minimum Gasteiger partial charge on any atom is -0.396 e. The van der Waals surface area contributed by atoms with Gasteiger partial charge in [-0.05, 0) is 37.6 Å². The standard InChI is InChI=1S/C19H22N4O2/c1-14(23-13-22-17-7-2-3-8-18(17)23)19(25)21-11-15(12-24)10-16-6-4-5-9-20-16/h2-9,13-15,24H,10-12H2,1H3,(H,21,25). The molecule has 1 aromatic carbocycles. The summed E-state index contributed by atoms with van der Waals surface area (Å²) in [6, 6.07) is 13.0. The van der Waals surface area contributed by atoms with Gasteiger partial charge in [-0.25, -0.2) is 4.98 Å². The maximum Gasteiger partial charge on any atom is 0.242 e. The summed E-state index contributed by atoms with van der Waals surface area (Å²) in [5.74, 6) is -0.159. The van der Waals surface area contributed by atoms with Crippen molar-refractivity contribution in [1.82, 2.24) is 19.9 Å². The van der Waals surface area contributed by atoms with Gasteiger partial charge in [0.25, 0.3) is 0 Å². The van der Waals surface area contributed by atoms with Gasteiger partial charge in [-0.15, -0.1) is 0 Å². The highest BCUT2D eigenvalue weighted by atomic mass is 16.3. The average Bonchev–Trinajstić information content (AvgIpc) is 3.09. The number of rotatable bonds is 7. The molecule has 0 aliphatic heterocycles. The van der Waals surface area contributed by atoms with Crippen LogP contribution in [0.25, 0.3) is 11.0 Å². The Morgan fingerprint density at radius 2 is 2.00 bits per heavy atom. The number of para-hydroxylation sites is 2. The summed E-state index contributed by atoms with van der Waals surface area (Å²) in [5.41, 5.74) is 2.70. The van der Waals surface area contributed by atoms with Crippen molar-refractivity contribution < 1.29 is 9.90 Å². The van der Waals surface area contributed by atoms with Crippen LogP contribution in [-0.4, -0.2) is 38.7 Å². The summed E-state index contributed by atoms with van der Waals surface area (Å²) in [4.78, 5) is 21.1. The van der Waals surface area contributed by atoms with Crippen LogP contribution >= 0.6 is 0 Å². The second kappa shape index (κ2) is 7.90. The Hall–Kier alpha value is -2.73. The predicted octanol–water partition coefficient (Wildman–Crippen LogP) is 1.96. The second-order valence-corrected chi connectivity index (χ2v) is 6.14. The molecule has 25 heavy (non-hydrogen) atoms. The van der Waals surface area contributed by atoms with Gasteiger partial charge in [0.2, 0.25) is 5.91 Å². The molecule has 2 aromatic heterocycles. The van der Waals surface area contributed by atoms with Crippen LogP contribution in [0.5, 0.6) is 0 Å². The molecule has 0 saturated heterocycles. The van der Waals surface area contributed by atoms with Crippen molar-refractivity contribution in [2.24, 2.45) is 5.92 Å². The highest BCUT2D eigenvalue weighted by molar-refractivity contribution is 5.83. The lowest BCUT2D eigenvalue weighted by Gasteiger charge is -2.18. The topological polar surface area (TPSA) is 80.0 Å². The molecule has 0 bridgehead atoms. The highest BCUT2D eigenvalue weighted by Gasteiger charge is 2.18. The van der Waals surface area contributed by atoms with E-state index in [9.17, 15) is 9.90 Å². The fraction of sp³-hybridized carbons (Fsp3) is 0.316. The molecule has 0 aliphatic carbocycles. The molecule has 2 atom stereocenters. The lowest BCUT2D eigenvalue weighted by atomic mass is 10.0. The Morgan fingerprint density at radius 1 is 1.20 bits per heavy atom. The summed E-state index contributed by atoms with van der Waals surface area (Å²) < 4.78 is 1.86. The first-order valence-corrected chi connectivity index (χ1v) is 8.39. The smallest absolute Gasteiger partial charge is 0.242 e. The van der Waals surface area contributed by atoms with Crippen molar-refractivity contribution in [2.75, 3.05) is 13.2 Å². The van der Waals surface area contributed by atoms with E-state index in [0.717, 1.165) is 16.7 Å². The van der Waals surface area contributed by atoms with E-state index >= 15 is 0 Å². The molecule has 130 valence electrons. The molecular formula is C19H22N4O2. The number of amides is 1. The van der Waals surface area contributed by atoms with Crippen molar-refractivity contribution in [3.8, 4) is 0 Å². The number of aromatic nitrogens is 3. The first-order chi connectivity index (χ1) is 12.2. The number of hydrogen-bond donors (Lipinski definition) is 2. The molecule has 0 aliphatic rings. The Kier molecular flexibility index (Phi) is 5.40. The van der Waals surface area contributed by atoms with Crippen molar-refractivity contribution in [2.45, 2.75) is 19.4 Å². The van der Waals surface area contributed by atoms with E-state index in [1.807, 2.05) is 54.0 Å². The van der Waals surface area contributed by atoms with Crippen molar-refractivity contribution in [3.63, 3.8) is 0 Å². The molecular weight excluding hydrogens is 316 g/mol. The first kappa shape index (κ1) is 17.1. The van der Waals surface area contributed by atoms with Crippen LogP contribution in [0.1, 0.15) is 18.7 Å². The normalized spacial score (nSPS) is 13.5. The number of nitrogens with zero attached hydrogens (tertiary/aromatic N) is 3. The van der Waals surface area contributed by atoms with Gasteiger partial charge >= 0.3 is 0 Å². The van der Waals surface area contributed by atoms with Crippen LogP contribution in [0.4, 0.5) is 0 Å². The molecule has 0 spiro atoms. The number of aliphatic hydroxyl groups excluding tert-OH is 1. The van der Waals surface area contributed by atoms with Crippen LogP contribution in [-0.2, 0) is 11.2 Å². The minimum absolute atomic E-state index is 0.000753. The minimum atomic E-state index is -0.374. The van der Waals surface area contributed by atoms with E-state index in [1.54, 1.807) is 12.5 Å². The van der Waals surface area contributed by atoms with Gasteiger partial charge in [0, 0.05) is 31.0 Å². The SMILES string of the molecule is CC(C(=O)NCC(CO)Cc1ccccn1)n1cnc2ccccc21. The Labute approximate surface area is 146 Å². The zero-order chi connectivity index (χ0) is 17.6. The molecule has 0 fully saturated rings. The molecule has 1 amide bonds. The van der Waals surface area contributed by atoms with E-state index in [4.69, 9.17) is 0 Å². The quantitative estimate of drug-likeness (QED) is 0.690. The summed E-state index contributed by atoms with van der Waals surface area (Å²) >= 11 is 0. The summed E-state index contributed by atoms with van der Waals surface area (Å²) in [6.45, 7) is 2.25. The summed E-state index contributed by atoms with van der Waals surface area (Å²) in [5, 5.41) is 12.5. The van der Waals surface area contributed by atoms with E-state index < -0.39 is 0 Å². The number of aliphatic hydroxyl groups is 1. The van der Waals surface area contributed by atoms with E-state index in [-0.39, 0.29) is 24.5 Å². The number of pyridine rings is 1. The van der Waals surface area contributed by atoms with Gasteiger partial charge in [-0.1, -0.05) is 18.2 Å². The number of benzene rings is 1. The van der Waals surface area contributed by atoms with Crippen LogP contribution in [0, 0.1) is 5.92 Å². The van der Waals surface area contributed by atoms with Gasteiger partial charge in [0.05, 0.1) is 17.4 Å². The number of hydrogen-bond acceptors (Lipinski definition) is 4. The second-order valence-electron chi connectivity index (χ2n) is 6.14. The lowest BCUT2D eigenvalue weighted by molar-refractivity contribution is -0.124. The summed E-state index contributed by atoms with van der Waals surface area (Å²) in [7, 11) is 0. The fourth-order valence-corrected chi connectivity index (χ4v) is 2.82. The van der Waals surface area contributed by atoms with Gasteiger partial charge in [0.1, 0.15) is 6.04 Å². The fourth-order valence-electron chi connectivity index (χ4n) is 2.82. The lowest BCUT2D eigenvalue weighted by Crippen LogP contribution is -2.36. The van der Waals surface area contributed by atoms with Crippen LogP contribution in [0.15, 0.2) is 55.0 Å². The molecule has 0 radical (unpaired) electrons. The maximum absolute atomic E-state index is 12.5. The molecule has 2 N–H and O–H groups in total. The molecule has 2 heterocycles. The van der Waals surface area contributed by atoms with Crippen LogP contribution in [0.2, 0.25) is 0 Å². The first-order valence-electron chi connectivity index (χ1n) is 8.39. The number of fused-ring (bicyclic) bond motifs is 1. The van der Waals surface area contributed by atoms with Crippen molar-refractivity contribution >= 4 is 16.9 Å². The molecule has 3 rings (SSSR count). The Balaban J connectivity index is 1.61. The average molecular weight is 338 g/mol. The van der Waals surface area contributed by atoms with Gasteiger partial charge in [-0.3, -0.25) is 9.78 Å². The third-order valence-electron chi connectivity index (χ3n) is 4.32. The van der Waals surface area contributed by atoms with Crippen LogP contribution in [0.3, 0.4) is 0 Å². The van der Waals surface area contributed by atoms with E-state index in [1.165, 1.54) is 0 Å². The monoisotopic (exact) mass is 338 g/mol. The largest absolute Gasteiger partial charge is 0.396 e. The van der Waals surface area contributed by atoms with Gasteiger partial charge in [-0.2, -0.15) is 0 Å². The summed E-state index contributed by atoms with van der Waals surface area (Å²) in [6.07, 6.45) is 4.04.